The van der Waals surface area contributed by atoms with E-state index in [-0.39, 0.29) is 34.7 Å². The van der Waals surface area contributed by atoms with E-state index in [0.29, 0.717) is 0 Å². The van der Waals surface area contributed by atoms with Gasteiger partial charge in [-0.2, -0.15) is 0 Å². The summed E-state index contributed by atoms with van der Waals surface area (Å²) in [7, 11) is -2.50. The van der Waals surface area contributed by atoms with Crippen LogP contribution in [0.2, 0.25) is 0 Å². The van der Waals surface area contributed by atoms with Crippen molar-refractivity contribution in [2.24, 2.45) is 0 Å². The van der Waals surface area contributed by atoms with E-state index in [0.717, 1.165) is 11.1 Å². The number of carbonyl (C=O) groups excluding carboxylic acids is 1. The average Bonchev–Trinajstić information content (AvgIpc) is 2.78. The van der Waals surface area contributed by atoms with Crippen LogP contribution in [0.15, 0.2) is 83.8 Å². The van der Waals surface area contributed by atoms with Gasteiger partial charge in [0.05, 0.1) is 13.2 Å². The zero-order valence-electron chi connectivity index (χ0n) is 16.8. The zero-order valence-corrected chi connectivity index (χ0v) is 17.6. The van der Waals surface area contributed by atoms with E-state index in [1.807, 2.05) is 67.6 Å². The lowest BCUT2D eigenvalue weighted by molar-refractivity contribution is 0.0939. The third-order valence-corrected chi connectivity index (χ3v) is 6.09. The summed E-state index contributed by atoms with van der Waals surface area (Å²) in [6, 6.07) is 22.9. The summed E-state index contributed by atoms with van der Waals surface area (Å²) in [5.74, 6) is -0.197. The van der Waals surface area contributed by atoms with Crippen LogP contribution in [0.3, 0.4) is 0 Å². The lowest BCUT2D eigenvalue weighted by Crippen LogP contribution is -2.28. The number of methoxy groups -OCH3 is 1. The van der Waals surface area contributed by atoms with Gasteiger partial charge in [0.1, 0.15) is 10.6 Å². The van der Waals surface area contributed by atoms with E-state index in [4.69, 9.17) is 4.74 Å². The van der Waals surface area contributed by atoms with Crippen LogP contribution in [0, 0.1) is 0 Å². The molecule has 30 heavy (non-hydrogen) atoms. The lowest BCUT2D eigenvalue weighted by atomic mass is 10.1. The second kappa shape index (κ2) is 9.56. The van der Waals surface area contributed by atoms with Gasteiger partial charge in [0.2, 0.25) is 10.0 Å². The first kappa shape index (κ1) is 21.5. The fraction of sp³-hybridized carbons (Fsp3) is 0.174. The third-order valence-electron chi connectivity index (χ3n) is 4.67. The van der Waals surface area contributed by atoms with Crippen molar-refractivity contribution < 1.29 is 17.9 Å². The second-order valence-corrected chi connectivity index (χ2v) is 8.52. The highest BCUT2D eigenvalue weighted by Crippen LogP contribution is 2.25. The molecule has 1 atom stereocenters. The summed E-state index contributed by atoms with van der Waals surface area (Å²) in [6.07, 6.45) is 0. The summed E-state index contributed by atoms with van der Waals surface area (Å²) in [5, 5.41) is 2.89. The van der Waals surface area contributed by atoms with Gasteiger partial charge in [-0.05, 0) is 36.2 Å². The molecular weight excluding hydrogens is 400 g/mol. The monoisotopic (exact) mass is 424 g/mol. The predicted octanol–water partition coefficient (Wildman–Crippen LogP) is 3.66. The molecule has 0 bridgehead atoms. The topological polar surface area (TPSA) is 84.5 Å². The van der Waals surface area contributed by atoms with Crippen molar-refractivity contribution in [2.75, 3.05) is 7.11 Å². The molecule has 0 aromatic heterocycles. The summed E-state index contributed by atoms with van der Waals surface area (Å²) >= 11 is 0. The van der Waals surface area contributed by atoms with E-state index >= 15 is 0 Å². The fourth-order valence-electron chi connectivity index (χ4n) is 2.98. The number of benzene rings is 3. The van der Waals surface area contributed by atoms with Crippen LogP contribution in [-0.4, -0.2) is 21.4 Å². The Hall–Kier alpha value is -3.16. The van der Waals surface area contributed by atoms with Crippen molar-refractivity contribution in [1.29, 1.82) is 0 Å². The standard InChI is InChI=1S/C23H24N2O4S/c1-17(19-11-7-4-8-12-19)25-23(26)20-13-14-21(29-2)22(15-20)30(27,28)24-16-18-9-5-3-6-10-18/h3-15,17,24H,16H2,1-2H3,(H,25,26)/t17-/m1/s1. The second-order valence-electron chi connectivity index (χ2n) is 6.78. The maximum atomic E-state index is 12.9. The maximum absolute atomic E-state index is 12.9. The number of amides is 1. The van der Waals surface area contributed by atoms with Crippen LogP contribution in [0.25, 0.3) is 0 Å². The van der Waals surface area contributed by atoms with E-state index in [2.05, 4.69) is 10.0 Å². The molecule has 0 heterocycles. The Bertz CT molecular complexity index is 1100. The number of carbonyl (C=O) groups is 1. The molecule has 0 aliphatic heterocycles. The number of hydrogen-bond acceptors (Lipinski definition) is 4. The van der Waals surface area contributed by atoms with Crippen LogP contribution in [0.4, 0.5) is 0 Å². The molecule has 3 rings (SSSR count). The van der Waals surface area contributed by atoms with Crippen LogP contribution in [0.5, 0.6) is 5.75 Å². The Labute approximate surface area is 177 Å². The van der Waals surface area contributed by atoms with Crippen molar-refractivity contribution in [3.05, 3.63) is 95.6 Å². The largest absolute Gasteiger partial charge is 0.495 e. The number of sulfonamides is 1. The molecule has 0 spiro atoms. The minimum absolute atomic E-state index is 0.0825. The van der Waals surface area contributed by atoms with Crippen molar-refractivity contribution in [1.82, 2.24) is 10.0 Å². The molecule has 0 aliphatic carbocycles. The van der Waals surface area contributed by atoms with Gasteiger partial charge in [0.15, 0.2) is 0 Å². The molecule has 0 saturated heterocycles. The van der Waals surface area contributed by atoms with Gasteiger partial charge >= 0.3 is 0 Å². The summed E-state index contributed by atoms with van der Waals surface area (Å²) < 4.78 is 33.5. The molecule has 0 saturated carbocycles. The Kier molecular flexibility index (Phi) is 6.87. The first-order valence-electron chi connectivity index (χ1n) is 9.48. The van der Waals surface area contributed by atoms with Crippen molar-refractivity contribution in [3.8, 4) is 5.75 Å². The van der Waals surface area contributed by atoms with Gasteiger partial charge in [-0.15, -0.1) is 0 Å². The molecule has 0 radical (unpaired) electrons. The molecule has 0 aliphatic rings. The van der Waals surface area contributed by atoms with Gasteiger partial charge in [-0.3, -0.25) is 4.79 Å². The van der Waals surface area contributed by atoms with Crippen molar-refractivity contribution >= 4 is 15.9 Å². The summed E-state index contributed by atoms with van der Waals surface area (Å²) in [5.41, 5.74) is 2.01. The first-order chi connectivity index (χ1) is 14.4. The van der Waals surface area contributed by atoms with Gasteiger partial charge in [0.25, 0.3) is 5.91 Å². The third kappa shape index (κ3) is 5.25. The molecule has 7 heteroatoms. The molecular formula is C23H24N2O4S. The highest BCUT2D eigenvalue weighted by Gasteiger charge is 2.22. The molecule has 3 aromatic carbocycles. The lowest BCUT2D eigenvalue weighted by Gasteiger charge is -2.16. The Morgan fingerprint density at radius 1 is 0.967 bits per heavy atom. The highest BCUT2D eigenvalue weighted by molar-refractivity contribution is 7.89. The minimum Gasteiger partial charge on any atom is -0.495 e. The maximum Gasteiger partial charge on any atom is 0.251 e. The highest BCUT2D eigenvalue weighted by atomic mass is 32.2. The zero-order chi connectivity index (χ0) is 21.6. The van der Waals surface area contributed by atoms with Crippen molar-refractivity contribution in [3.63, 3.8) is 0 Å². The quantitative estimate of drug-likeness (QED) is 0.578. The molecule has 1 amide bonds. The van der Waals surface area contributed by atoms with E-state index in [9.17, 15) is 13.2 Å². The van der Waals surface area contributed by atoms with Crippen molar-refractivity contribution in [2.45, 2.75) is 24.4 Å². The molecule has 6 nitrogen and oxygen atoms in total. The van der Waals surface area contributed by atoms with Crippen LogP contribution in [0.1, 0.15) is 34.5 Å². The SMILES string of the molecule is COc1ccc(C(=O)N[C@H](C)c2ccccc2)cc1S(=O)(=O)NCc1ccccc1. The van der Waals surface area contributed by atoms with E-state index in [1.54, 1.807) is 6.07 Å². The predicted molar refractivity (Wildman–Crippen MR) is 116 cm³/mol. The van der Waals surface area contributed by atoms with E-state index in [1.165, 1.54) is 19.2 Å². The van der Waals surface area contributed by atoms with Gasteiger partial charge < -0.3 is 10.1 Å². The van der Waals surface area contributed by atoms with Crippen LogP contribution in [-0.2, 0) is 16.6 Å². The number of hydrogen-bond donors (Lipinski definition) is 2. The smallest absolute Gasteiger partial charge is 0.251 e. The first-order valence-corrected chi connectivity index (χ1v) is 11.0. The Morgan fingerprint density at radius 2 is 1.60 bits per heavy atom. The van der Waals surface area contributed by atoms with Crippen LogP contribution < -0.4 is 14.8 Å². The average molecular weight is 425 g/mol. The molecule has 2 N–H and O–H groups in total. The Balaban J connectivity index is 1.81. The summed E-state index contributed by atoms with van der Waals surface area (Å²) in [4.78, 5) is 12.6. The minimum atomic E-state index is -3.89. The van der Waals surface area contributed by atoms with Crippen LogP contribution >= 0.6 is 0 Å². The fourth-order valence-corrected chi connectivity index (χ4v) is 4.20. The summed E-state index contributed by atoms with van der Waals surface area (Å²) in [6.45, 7) is 2.00. The van der Waals surface area contributed by atoms with Gasteiger partial charge in [-0.1, -0.05) is 60.7 Å². The van der Waals surface area contributed by atoms with E-state index < -0.39 is 10.0 Å². The number of nitrogens with one attached hydrogen (secondary N) is 2. The number of rotatable bonds is 8. The normalized spacial score (nSPS) is 12.2. The Morgan fingerprint density at radius 3 is 2.23 bits per heavy atom. The van der Waals surface area contributed by atoms with Gasteiger partial charge in [-0.25, -0.2) is 13.1 Å². The molecule has 0 unspecified atom stereocenters. The molecule has 3 aromatic rings. The van der Waals surface area contributed by atoms with Gasteiger partial charge in [0, 0.05) is 12.1 Å². The number of ether oxygens (including phenoxy) is 1. The molecule has 156 valence electrons. The molecule has 0 fully saturated rings.